The van der Waals surface area contributed by atoms with Gasteiger partial charge in [0.25, 0.3) is 0 Å². The van der Waals surface area contributed by atoms with Crippen LogP contribution < -0.4 is 5.32 Å². The summed E-state index contributed by atoms with van der Waals surface area (Å²) in [6.07, 6.45) is 1.27. The maximum Gasteiger partial charge on any atom is 0.198 e. The van der Waals surface area contributed by atoms with Crippen LogP contribution in [0.25, 0.3) is 0 Å². The summed E-state index contributed by atoms with van der Waals surface area (Å²) in [7, 11) is 0. The summed E-state index contributed by atoms with van der Waals surface area (Å²) in [5.74, 6) is 2.89. The van der Waals surface area contributed by atoms with Crippen molar-refractivity contribution in [3.05, 3.63) is 5.57 Å². The first-order chi connectivity index (χ1) is 5.74. The molecule has 1 rings (SSSR count). The van der Waals surface area contributed by atoms with Gasteiger partial charge < -0.3 is 4.74 Å². The molecule has 3 heteroatoms. The van der Waals surface area contributed by atoms with E-state index in [0.717, 1.165) is 18.5 Å². The van der Waals surface area contributed by atoms with Gasteiger partial charge in [-0.05, 0) is 38.3 Å². The highest BCUT2D eigenvalue weighted by molar-refractivity contribution is 5.56. The number of hydrogen-bond donors (Lipinski definition) is 1. The number of epoxide rings is 1. The van der Waals surface area contributed by atoms with E-state index in [-0.39, 0.29) is 12.5 Å². The molecule has 0 aromatic carbocycles. The van der Waals surface area contributed by atoms with Crippen molar-refractivity contribution in [2.45, 2.75) is 39.6 Å². The number of nitrogens with one attached hydrogen (secondary N) is 1. The molecule has 1 saturated heterocycles. The first kappa shape index (κ1) is 9.46. The van der Waals surface area contributed by atoms with Crippen LogP contribution in [0, 0.1) is 0 Å². The zero-order valence-corrected chi connectivity index (χ0v) is 7.92. The summed E-state index contributed by atoms with van der Waals surface area (Å²) in [4.78, 5) is 4.10. The lowest BCUT2D eigenvalue weighted by molar-refractivity contribution is 0.348. The van der Waals surface area contributed by atoms with Gasteiger partial charge in [0, 0.05) is 0 Å². The molecule has 0 bridgehead atoms. The summed E-state index contributed by atoms with van der Waals surface area (Å²) in [5.41, 5.74) is 1.08. The molecule has 1 aliphatic rings. The fraction of sp³-hybridized carbons (Fsp3) is 0.778. The van der Waals surface area contributed by atoms with E-state index in [2.05, 4.69) is 23.1 Å². The van der Waals surface area contributed by atoms with Crippen LogP contribution in [0.1, 0.15) is 27.2 Å². The second kappa shape index (κ2) is 4.41. The minimum absolute atomic E-state index is 0.00597. The van der Waals surface area contributed by atoms with E-state index in [1.807, 2.05) is 13.8 Å². The summed E-state index contributed by atoms with van der Waals surface area (Å²) in [6, 6.07) is 0. The number of nitrogens with zero attached hydrogens (tertiary/aromatic N) is 1. The Morgan fingerprint density at radius 2 is 2.33 bits per heavy atom. The van der Waals surface area contributed by atoms with E-state index in [0.29, 0.717) is 0 Å². The van der Waals surface area contributed by atoms with Gasteiger partial charge in [0.15, 0.2) is 12.5 Å². The lowest BCUT2D eigenvalue weighted by Gasteiger charge is -1.92. The van der Waals surface area contributed by atoms with Gasteiger partial charge in [-0.1, -0.05) is 6.92 Å². The van der Waals surface area contributed by atoms with Crippen LogP contribution in [0.4, 0.5) is 0 Å². The van der Waals surface area contributed by atoms with Gasteiger partial charge in [-0.25, -0.2) is 4.99 Å². The van der Waals surface area contributed by atoms with Crippen LogP contribution in [-0.4, -0.2) is 24.9 Å². The molecule has 12 heavy (non-hydrogen) atoms. The molecule has 68 valence electrons. The Morgan fingerprint density at radius 1 is 1.58 bits per heavy atom. The summed E-state index contributed by atoms with van der Waals surface area (Å²) in [5, 5.41) is 3.21. The van der Waals surface area contributed by atoms with E-state index >= 15 is 0 Å². The largest absolute Gasteiger partial charge is 0.329 e. The fourth-order valence-electron chi connectivity index (χ4n) is 0.831. The van der Waals surface area contributed by atoms with Crippen molar-refractivity contribution in [3.8, 4) is 0 Å². The highest BCUT2D eigenvalue weighted by Crippen LogP contribution is 2.19. The van der Waals surface area contributed by atoms with Crippen molar-refractivity contribution in [1.29, 1.82) is 0 Å². The van der Waals surface area contributed by atoms with Crippen LogP contribution in [0.15, 0.2) is 10.6 Å². The first-order valence-corrected chi connectivity index (χ1v) is 4.39. The predicted molar refractivity (Wildman–Crippen MR) is 49.3 cm³/mol. The van der Waals surface area contributed by atoms with E-state index in [4.69, 9.17) is 4.74 Å². The molecule has 2 unspecified atom stereocenters. The van der Waals surface area contributed by atoms with E-state index in [1.165, 1.54) is 0 Å². The topological polar surface area (TPSA) is 36.9 Å². The third kappa shape index (κ3) is 3.18. The fourth-order valence-corrected chi connectivity index (χ4v) is 0.831. The number of rotatable bonds is 4. The van der Waals surface area contributed by atoms with Crippen LogP contribution >= 0.6 is 0 Å². The highest BCUT2D eigenvalue weighted by Gasteiger charge is 2.37. The van der Waals surface area contributed by atoms with E-state index in [1.54, 1.807) is 0 Å². The SMILES string of the molecule is CCCNC1OC1N=C=C(C)C. The molecule has 0 aromatic heterocycles. The molecule has 0 amide bonds. The number of allylic oxidation sites excluding steroid dienone is 1. The van der Waals surface area contributed by atoms with Gasteiger partial charge in [0.1, 0.15) is 0 Å². The molecule has 1 N–H and O–H groups in total. The molecule has 1 heterocycles. The molecule has 0 spiro atoms. The molecule has 0 saturated carbocycles. The van der Waals surface area contributed by atoms with Gasteiger partial charge in [-0.2, -0.15) is 0 Å². The zero-order valence-electron chi connectivity index (χ0n) is 7.92. The van der Waals surface area contributed by atoms with Gasteiger partial charge in [-0.3, -0.25) is 5.32 Å². The minimum atomic E-state index is 0.00597. The van der Waals surface area contributed by atoms with Crippen molar-refractivity contribution >= 4 is 5.87 Å². The standard InChI is InChI=1S/C9H16N2O/c1-4-5-10-8-9(12-8)11-6-7(2)3/h8-10H,4-5H2,1-3H3. The van der Waals surface area contributed by atoms with E-state index in [9.17, 15) is 0 Å². The summed E-state index contributed by atoms with van der Waals surface area (Å²) >= 11 is 0. The monoisotopic (exact) mass is 168 g/mol. The van der Waals surface area contributed by atoms with Crippen LogP contribution in [-0.2, 0) is 4.74 Å². The first-order valence-electron chi connectivity index (χ1n) is 4.39. The average molecular weight is 168 g/mol. The number of hydrogen-bond acceptors (Lipinski definition) is 3. The second-order valence-corrected chi connectivity index (χ2v) is 3.14. The summed E-state index contributed by atoms with van der Waals surface area (Å²) in [6.45, 7) is 7.07. The average Bonchev–Trinajstić information content (AvgIpc) is 2.76. The number of ether oxygens (including phenoxy) is 1. The molecular weight excluding hydrogens is 152 g/mol. The van der Waals surface area contributed by atoms with Crippen molar-refractivity contribution in [3.63, 3.8) is 0 Å². The Kier molecular flexibility index (Phi) is 3.48. The zero-order chi connectivity index (χ0) is 8.97. The van der Waals surface area contributed by atoms with Crippen LogP contribution in [0.3, 0.4) is 0 Å². The predicted octanol–water partition coefficient (Wildman–Crippen LogP) is 1.30. The van der Waals surface area contributed by atoms with E-state index < -0.39 is 0 Å². The molecular formula is C9H16N2O. The summed E-state index contributed by atoms with van der Waals surface area (Å²) < 4.78 is 5.22. The lowest BCUT2D eigenvalue weighted by atomic mass is 10.4. The maximum absolute atomic E-state index is 5.22. The molecule has 0 aromatic rings. The Labute approximate surface area is 73.5 Å². The third-order valence-corrected chi connectivity index (χ3v) is 1.48. The van der Waals surface area contributed by atoms with Gasteiger partial charge in [0.05, 0.1) is 0 Å². The van der Waals surface area contributed by atoms with Crippen molar-refractivity contribution in [2.24, 2.45) is 4.99 Å². The molecule has 1 aliphatic heterocycles. The molecule has 0 aliphatic carbocycles. The highest BCUT2D eigenvalue weighted by atomic mass is 16.6. The minimum Gasteiger partial charge on any atom is -0.329 e. The van der Waals surface area contributed by atoms with Gasteiger partial charge in [0.2, 0.25) is 0 Å². The number of aliphatic imine (C=N–C) groups is 1. The van der Waals surface area contributed by atoms with Crippen molar-refractivity contribution in [1.82, 2.24) is 5.32 Å². The Balaban J connectivity index is 2.20. The molecule has 0 radical (unpaired) electrons. The van der Waals surface area contributed by atoms with Crippen molar-refractivity contribution < 1.29 is 4.74 Å². The maximum atomic E-state index is 5.22. The molecule has 1 fully saturated rings. The quantitative estimate of drug-likeness (QED) is 0.507. The van der Waals surface area contributed by atoms with Gasteiger partial charge in [-0.15, -0.1) is 0 Å². The lowest BCUT2D eigenvalue weighted by Crippen LogP contribution is -2.19. The van der Waals surface area contributed by atoms with Crippen LogP contribution in [0.5, 0.6) is 0 Å². The Bertz CT molecular complexity index is 203. The normalized spacial score (nSPS) is 26.2. The smallest absolute Gasteiger partial charge is 0.198 e. The van der Waals surface area contributed by atoms with Gasteiger partial charge >= 0.3 is 0 Å². The second-order valence-electron chi connectivity index (χ2n) is 3.14. The third-order valence-electron chi connectivity index (χ3n) is 1.48. The molecule has 3 nitrogen and oxygen atoms in total. The van der Waals surface area contributed by atoms with Crippen molar-refractivity contribution in [2.75, 3.05) is 6.54 Å². The van der Waals surface area contributed by atoms with Crippen LogP contribution in [0.2, 0.25) is 0 Å². The molecule has 2 atom stereocenters. The Morgan fingerprint density at radius 3 is 2.92 bits per heavy atom. The Hall–Kier alpha value is -0.630.